The fourth-order valence-corrected chi connectivity index (χ4v) is 5.00. The molecule has 5 rings (SSSR count). The van der Waals surface area contributed by atoms with Crippen molar-refractivity contribution in [3.63, 3.8) is 0 Å². The van der Waals surface area contributed by atoms with Gasteiger partial charge in [0.1, 0.15) is 23.5 Å². The number of hydrogen-bond acceptors (Lipinski definition) is 5. The van der Waals surface area contributed by atoms with Crippen LogP contribution in [-0.2, 0) is 10.3 Å². The zero-order chi connectivity index (χ0) is 24.9. The predicted molar refractivity (Wildman–Crippen MR) is 128 cm³/mol. The molecule has 180 valence electrons. The highest BCUT2D eigenvalue weighted by molar-refractivity contribution is 6.42. The maximum atomic E-state index is 15.1. The molecule has 1 amide bonds. The van der Waals surface area contributed by atoms with Gasteiger partial charge < -0.3 is 10.2 Å². The number of halogens is 4. The Morgan fingerprint density at radius 2 is 2.00 bits per heavy atom. The maximum Gasteiger partial charge on any atom is 0.267 e. The van der Waals surface area contributed by atoms with Crippen LogP contribution in [0.2, 0.25) is 10.0 Å². The molecule has 1 aliphatic rings. The van der Waals surface area contributed by atoms with Crippen molar-refractivity contribution >= 4 is 45.7 Å². The fraction of sp³-hybridized carbons (Fsp3) is 0.217. The number of likely N-dealkylation sites (tertiary alicyclic amines) is 1. The van der Waals surface area contributed by atoms with Crippen molar-refractivity contribution < 1.29 is 13.6 Å². The molecular weight excluding hydrogens is 501 g/mol. The van der Waals surface area contributed by atoms with Crippen LogP contribution in [0.4, 0.5) is 14.5 Å². The molecule has 1 atom stereocenters. The molecule has 0 spiro atoms. The van der Waals surface area contributed by atoms with E-state index < -0.39 is 22.7 Å². The highest BCUT2D eigenvalue weighted by atomic mass is 35.5. The molecule has 1 fully saturated rings. The van der Waals surface area contributed by atoms with Crippen molar-refractivity contribution in [3.05, 3.63) is 80.5 Å². The molecule has 4 aromatic rings. The Labute approximate surface area is 207 Å². The van der Waals surface area contributed by atoms with Gasteiger partial charge in [0.25, 0.3) is 5.56 Å². The zero-order valence-corrected chi connectivity index (χ0v) is 19.8. The highest BCUT2D eigenvalue weighted by Gasteiger charge is 2.44. The lowest BCUT2D eigenvalue weighted by Gasteiger charge is -2.33. The van der Waals surface area contributed by atoms with Crippen LogP contribution in [0, 0.1) is 11.6 Å². The van der Waals surface area contributed by atoms with Crippen molar-refractivity contribution in [2.24, 2.45) is 0 Å². The Balaban J connectivity index is 1.67. The maximum absolute atomic E-state index is 15.1. The average Bonchev–Trinajstić information content (AvgIpc) is 3.49. The van der Waals surface area contributed by atoms with E-state index in [1.807, 2.05) is 0 Å². The number of fused-ring (bicyclic) bond motifs is 1. The molecule has 1 saturated heterocycles. The number of amides is 1. The van der Waals surface area contributed by atoms with Crippen LogP contribution in [0.5, 0.6) is 0 Å². The van der Waals surface area contributed by atoms with Gasteiger partial charge in [-0.3, -0.25) is 19.3 Å². The molecule has 1 aliphatic heterocycles. The number of carbonyl (C=O) groups is 1. The van der Waals surface area contributed by atoms with Gasteiger partial charge in [0.2, 0.25) is 5.91 Å². The Morgan fingerprint density at radius 1 is 1.20 bits per heavy atom. The first-order chi connectivity index (χ1) is 16.7. The Bertz CT molecular complexity index is 1520. The molecule has 12 heteroatoms. The predicted octanol–water partition coefficient (Wildman–Crippen LogP) is 4.25. The number of anilines is 1. The lowest BCUT2D eigenvalue weighted by Crippen LogP contribution is -2.41. The fourth-order valence-electron chi connectivity index (χ4n) is 4.51. The van der Waals surface area contributed by atoms with Crippen LogP contribution in [-0.4, -0.2) is 43.6 Å². The minimum Gasteiger partial charge on any atom is -0.373 e. The van der Waals surface area contributed by atoms with Gasteiger partial charge in [0.05, 0.1) is 27.2 Å². The number of nitrogens with zero attached hydrogens (tertiary/aromatic N) is 4. The van der Waals surface area contributed by atoms with Crippen LogP contribution < -0.4 is 10.9 Å². The molecule has 0 saturated carbocycles. The van der Waals surface area contributed by atoms with Gasteiger partial charge in [-0.25, -0.2) is 13.8 Å². The number of benzene rings is 2. The van der Waals surface area contributed by atoms with Crippen molar-refractivity contribution in [1.29, 1.82) is 0 Å². The summed E-state index contributed by atoms with van der Waals surface area (Å²) in [6.07, 6.45) is 2.95. The molecule has 0 radical (unpaired) electrons. The molecule has 0 bridgehead atoms. The van der Waals surface area contributed by atoms with Crippen molar-refractivity contribution in [3.8, 4) is 5.82 Å². The van der Waals surface area contributed by atoms with E-state index in [4.69, 9.17) is 23.2 Å². The number of carbonyl (C=O) groups excluding carboxylic acids is 1. The van der Waals surface area contributed by atoms with Crippen LogP contribution in [0.3, 0.4) is 0 Å². The Morgan fingerprint density at radius 3 is 2.69 bits per heavy atom. The second kappa shape index (κ2) is 8.62. The number of aromatic amines is 1. The summed E-state index contributed by atoms with van der Waals surface area (Å²) in [6, 6.07) is 6.71. The molecule has 2 aromatic heterocycles. The third-order valence-electron chi connectivity index (χ3n) is 6.18. The molecule has 2 N–H and O–H groups in total. The van der Waals surface area contributed by atoms with Crippen LogP contribution in [0.25, 0.3) is 16.7 Å². The van der Waals surface area contributed by atoms with E-state index in [1.54, 1.807) is 6.07 Å². The highest BCUT2D eigenvalue weighted by Crippen LogP contribution is 2.43. The van der Waals surface area contributed by atoms with Gasteiger partial charge in [-0.2, -0.15) is 5.10 Å². The molecule has 35 heavy (non-hydrogen) atoms. The van der Waals surface area contributed by atoms with Crippen LogP contribution in [0.15, 0.2) is 47.7 Å². The lowest BCUT2D eigenvalue weighted by molar-refractivity contribution is -0.127. The molecular formula is C23H18Cl2F2N6O2. The third kappa shape index (κ3) is 3.92. The summed E-state index contributed by atoms with van der Waals surface area (Å²) in [4.78, 5) is 30.9. The smallest absolute Gasteiger partial charge is 0.267 e. The molecule has 2 aromatic carbocycles. The molecule has 0 aliphatic carbocycles. The molecule has 8 nitrogen and oxygen atoms in total. The van der Waals surface area contributed by atoms with Gasteiger partial charge in [0.15, 0.2) is 5.82 Å². The summed E-state index contributed by atoms with van der Waals surface area (Å²) >= 11 is 12.6. The van der Waals surface area contributed by atoms with E-state index in [0.29, 0.717) is 12.4 Å². The van der Waals surface area contributed by atoms with Gasteiger partial charge in [-0.15, -0.1) is 0 Å². The number of H-pyrrole nitrogens is 1. The van der Waals surface area contributed by atoms with E-state index in [-0.39, 0.29) is 51.1 Å². The quantitative estimate of drug-likeness (QED) is 0.393. The van der Waals surface area contributed by atoms with Gasteiger partial charge in [0, 0.05) is 37.3 Å². The molecule has 0 unspecified atom stereocenters. The summed E-state index contributed by atoms with van der Waals surface area (Å²) < 4.78 is 31.4. The number of nitrogens with one attached hydrogen (secondary N) is 2. The van der Waals surface area contributed by atoms with Crippen molar-refractivity contribution in [2.75, 3.05) is 18.4 Å². The van der Waals surface area contributed by atoms with E-state index in [0.717, 1.165) is 0 Å². The second-order valence-corrected chi connectivity index (χ2v) is 9.12. The van der Waals surface area contributed by atoms with Crippen molar-refractivity contribution in [1.82, 2.24) is 24.6 Å². The minimum absolute atomic E-state index is 0.00108. The van der Waals surface area contributed by atoms with E-state index >= 15 is 8.78 Å². The monoisotopic (exact) mass is 518 g/mol. The Kier molecular flexibility index (Phi) is 5.72. The van der Waals surface area contributed by atoms with Gasteiger partial charge >= 0.3 is 0 Å². The normalized spacial score (nSPS) is 17.8. The van der Waals surface area contributed by atoms with Crippen LogP contribution in [0.1, 0.15) is 18.9 Å². The minimum atomic E-state index is -1.22. The first-order valence-corrected chi connectivity index (χ1v) is 11.3. The second-order valence-electron chi connectivity index (χ2n) is 8.33. The van der Waals surface area contributed by atoms with E-state index in [9.17, 15) is 9.59 Å². The molecule has 3 heterocycles. The van der Waals surface area contributed by atoms with Crippen LogP contribution >= 0.6 is 23.2 Å². The Hall–Kier alpha value is -3.50. The first-order valence-electron chi connectivity index (χ1n) is 10.6. The summed E-state index contributed by atoms with van der Waals surface area (Å²) in [5.41, 5.74) is -1.61. The van der Waals surface area contributed by atoms with E-state index in [1.165, 1.54) is 53.2 Å². The van der Waals surface area contributed by atoms with Gasteiger partial charge in [-0.05, 0) is 30.7 Å². The summed E-state index contributed by atoms with van der Waals surface area (Å²) in [5.74, 6) is -1.21. The topological polar surface area (TPSA) is 95.9 Å². The average molecular weight is 519 g/mol. The van der Waals surface area contributed by atoms with Crippen molar-refractivity contribution in [2.45, 2.75) is 18.9 Å². The summed E-state index contributed by atoms with van der Waals surface area (Å²) in [6.45, 7) is 1.78. The largest absolute Gasteiger partial charge is 0.373 e. The third-order valence-corrected chi connectivity index (χ3v) is 6.99. The van der Waals surface area contributed by atoms with E-state index in [2.05, 4.69) is 20.5 Å². The standard InChI is InChI=1S/C23H18Cl2F2N6O2/c1-12(34)32-7-5-23(10-32,19-16(26)3-2-15(24)20(19)25)30-13-8-14-21(17(27)9-13)28-11-33(22(14)35)18-4-6-29-31-18/h2-4,6,8-9,11,30H,5,7,10H2,1H3,(H,29,31)/t23-/m1/s1. The number of aromatic nitrogens is 4. The SMILES string of the molecule is CC(=O)N1CC[C@](Nc2cc(F)c3ncn(-c4ccn[nH]4)c(=O)c3c2)(c2c(F)ccc(Cl)c2Cl)C1. The number of hydrogen-bond donors (Lipinski definition) is 2. The van der Waals surface area contributed by atoms with Gasteiger partial charge in [-0.1, -0.05) is 23.2 Å². The lowest BCUT2D eigenvalue weighted by atomic mass is 9.87. The summed E-state index contributed by atoms with van der Waals surface area (Å²) in [5, 5.41) is 9.79. The summed E-state index contributed by atoms with van der Waals surface area (Å²) in [7, 11) is 0. The number of rotatable bonds is 4. The zero-order valence-electron chi connectivity index (χ0n) is 18.3. The first kappa shape index (κ1) is 23.3.